The van der Waals surface area contributed by atoms with Crippen molar-refractivity contribution in [3.8, 4) is 0 Å². The molecule has 2 saturated heterocycles. The summed E-state index contributed by atoms with van der Waals surface area (Å²) in [6.45, 7) is 2.71. The molecule has 18 heavy (non-hydrogen) atoms. The topological polar surface area (TPSA) is 72.5 Å². The zero-order chi connectivity index (χ0) is 13.2. The summed E-state index contributed by atoms with van der Waals surface area (Å²) in [4.78, 5) is 11.8. The molecule has 3 atom stereocenters. The van der Waals surface area contributed by atoms with Crippen LogP contribution in [0.1, 0.15) is 32.6 Å². The van der Waals surface area contributed by atoms with E-state index in [1.807, 2.05) is 6.92 Å². The van der Waals surface area contributed by atoms with E-state index in [1.165, 1.54) is 0 Å². The molecule has 2 aliphatic heterocycles. The maximum absolute atomic E-state index is 11.8. The van der Waals surface area contributed by atoms with Crippen molar-refractivity contribution in [2.75, 3.05) is 18.1 Å². The fourth-order valence-electron chi connectivity index (χ4n) is 2.70. The van der Waals surface area contributed by atoms with Gasteiger partial charge >= 0.3 is 0 Å². The Hall–Kier alpha value is -0.620. The highest BCUT2D eigenvalue weighted by atomic mass is 32.2. The van der Waals surface area contributed by atoms with Crippen molar-refractivity contribution < 1.29 is 17.9 Å². The van der Waals surface area contributed by atoms with E-state index >= 15 is 0 Å². The van der Waals surface area contributed by atoms with Crippen molar-refractivity contribution in [2.24, 2.45) is 5.92 Å². The normalized spacial score (nSPS) is 32.3. The fraction of sp³-hybridized carbons (Fsp3) is 0.917. The van der Waals surface area contributed by atoms with Crippen molar-refractivity contribution in [3.05, 3.63) is 0 Å². The summed E-state index contributed by atoms with van der Waals surface area (Å²) in [6, 6.07) is 0.0120. The lowest BCUT2D eigenvalue weighted by Crippen LogP contribution is -2.41. The molecule has 1 N–H and O–H groups in total. The summed E-state index contributed by atoms with van der Waals surface area (Å²) in [7, 11) is -2.89. The molecule has 0 radical (unpaired) electrons. The second-order valence-corrected chi connectivity index (χ2v) is 7.61. The quantitative estimate of drug-likeness (QED) is 0.810. The molecular weight excluding hydrogens is 254 g/mol. The standard InChI is InChI=1S/C12H21NO4S/c1-9(11-3-2-5-17-11)13-12(14)7-10-4-6-18(15,16)8-10/h9-11H,2-8H2,1H3,(H,13,14)/t9-,10+,11+/m0/s1. The molecular formula is C12H21NO4S. The molecule has 6 heteroatoms. The first-order valence-electron chi connectivity index (χ1n) is 6.58. The van der Waals surface area contributed by atoms with Crippen molar-refractivity contribution in [1.82, 2.24) is 5.32 Å². The zero-order valence-corrected chi connectivity index (χ0v) is 11.5. The highest BCUT2D eigenvalue weighted by Gasteiger charge is 2.30. The number of ether oxygens (including phenoxy) is 1. The maximum atomic E-state index is 11.8. The Morgan fingerprint density at radius 2 is 2.22 bits per heavy atom. The molecule has 0 aromatic heterocycles. The van der Waals surface area contributed by atoms with Crippen LogP contribution in [-0.2, 0) is 19.4 Å². The van der Waals surface area contributed by atoms with Gasteiger partial charge in [0.15, 0.2) is 9.84 Å². The van der Waals surface area contributed by atoms with E-state index < -0.39 is 9.84 Å². The van der Waals surface area contributed by atoms with E-state index in [-0.39, 0.29) is 35.5 Å². The first kappa shape index (κ1) is 13.8. The van der Waals surface area contributed by atoms with Crippen LogP contribution in [0, 0.1) is 5.92 Å². The summed E-state index contributed by atoms with van der Waals surface area (Å²) in [6.07, 6.45) is 3.08. The Morgan fingerprint density at radius 3 is 2.78 bits per heavy atom. The number of nitrogens with one attached hydrogen (secondary N) is 1. The van der Waals surface area contributed by atoms with Gasteiger partial charge in [0.2, 0.25) is 5.91 Å². The van der Waals surface area contributed by atoms with Gasteiger partial charge in [-0.1, -0.05) is 0 Å². The largest absolute Gasteiger partial charge is 0.376 e. The second-order valence-electron chi connectivity index (χ2n) is 5.38. The third kappa shape index (κ3) is 3.68. The molecule has 2 heterocycles. The molecule has 2 rings (SSSR count). The molecule has 0 unspecified atom stereocenters. The van der Waals surface area contributed by atoms with Crippen molar-refractivity contribution in [1.29, 1.82) is 0 Å². The number of hydrogen-bond donors (Lipinski definition) is 1. The number of sulfone groups is 1. The molecule has 2 aliphatic rings. The smallest absolute Gasteiger partial charge is 0.220 e. The minimum atomic E-state index is -2.89. The van der Waals surface area contributed by atoms with Gasteiger partial charge in [-0.3, -0.25) is 4.79 Å². The van der Waals surface area contributed by atoms with Crippen molar-refractivity contribution in [3.63, 3.8) is 0 Å². The molecule has 0 bridgehead atoms. The lowest BCUT2D eigenvalue weighted by molar-refractivity contribution is -0.123. The van der Waals surface area contributed by atoms with Crippen LogP contribution in [0.2, 0.25) is 0 Å². The summed E-state index contributed by atoms with van der Waals surface area (Å²) in [5.74, 6) is 0.327. The average molecular weight is 275 g/mol. The number of amides is 1. The Morgan fingerprint density at radius 1 is 1.44 bits per heavy atom. The first-order chi connectivity index (χ1) is 8.46. The monoisotopic (exact) mass is 275 g/mol. The second kappa shape index (κ2) is 5.57. The number of carbonyl (C=O) groups is 1. The van der Waals surface area contributed by atoms with Gasteiger partial charge in [0, 0.05) is 13.0 Å². The number of carbonyl (C=O) groups excluding carboxylic acids is 1. The van der Waals surface area contributed by atoms with E-state index in [2.05, 4.69) is 5.32 Å². The zero-order valence-electron chi connectivity index (χ0n) is 10.7. The van der Waals surface area contributed by atoms with E-state index in [4.69, 9.17) is 4.74 Å². The van der Waals surface area contributed by atoms with Crippen molar-refractivity contribution >= 4 is 15.7 Å². The molecule has 5 nitrogen and oxygen atoms in total. The molecule has 2 fully saturated rings. The Kier molecular flexibility index (Phi) is 4.27. The van der Waals surface area contributed by atoms with Crippen LogP contribution >= 0.6 is 0 Å². The van der Waals surface area contributed by atoms with E-state index in [9.17, 15) is 13.2 Å². The predicted octanol–water partition coefficient (Wildman–Crippen LogP) is 0.495. The molecule has 0 spiro atoms. The average Bonchev–Trinajstić information content (AvgIpc) is 2.87. The molecule has 1 amide bonds. The van der Waals surface area contributed by atoms with Crippen LogP contribution in [0.3, 0.4) is 0 Å². The summed E-state index contributed by atoms with van der Waals surface area (Å²) < 4.78 is 28.1. The van der Waals surface area contributed by atoms with E-state index in [0.29, 0.717) is 12.8 Å². The molecule has 104 valence electrons. The van der Waals surface area contributed by atoms with Gasteiger partial charge in [0.1, 0.15) is 0 Å². The van der Waals surface area contributed by atoms with Gasteiger partial charge in [0.05, 0.1) is 23.7 Å². The molecule has 0 aromatic rings. The van der Waals surface area contributed by atoms with E-state index in [0.717, 1.165) is 19.4 Å². The molecule has 0 aromatic carbocycles. The van der Waals surface area contributed by atoms with Gasteiger partial charge in [-0.2, -0.15) is 0 Å². The van der Waals surface area contributed by atoms with Crippen LogP contribution in [0.4, 0.5) is 0 Å². The van der Waals surface area contributed by atoms with Crippen LogP contribution in [0.15, 0.2) is 0 Å². The van der Waals surface area contributed by atoms with Crippen LogP contribution in [-0.4, -0.2) is 44.6 Å². The van der Waals surface area contributed by atoms with Crippen LogP contribution in [0.5, 0.6) is 0 Å². The summed E-state index contributed by atoms with van der Waals surface area (Å²) in [5.41, 5.74) is 0. The lowest BCUT2D eigenvalue weighted by atomic mass is 10.0. The SMILES string of the molecule is C[C@H](NC(=O)C[C@H]1CCS(=O)(=O)C1)[C@H]1CCCO1. The molecule has 0 aliphatic carbocycles. The van der Waals surface area contributed by atoms with Gasteiger partial charge in [-0.15, -0.1) is 0 Å². The Balaban J connectivity index is 1.75. The van der Waals surface area contributed by atoms with E-state index in [1.54, 1.807) is 0 Å². The Bertz CT molecular complexity index is 400. The number of hydrogen-bond acceptors (Lipinski definition) is 4. The van der Waals surface area contributed by atoms with Crippen LogP contribution in [0.25, 0.3) is 0 Å². The minimum absolute atomic E-state index is 0.00769. The van der Waals surface area contributed by atoms with Gasteiger partial charge in [0.25, 0.3) is 0 Å². The summed E-state index contributed by atoms with van der Waals surface area (Å²) in [5, 5.41) is 2.92. The van der Waals surface area contributed by atoms with Gasteiger partial charge in [-0.05, 0) is 32.1 Å². The lowest BCUT2D eigenvalue weighted by Gasteiger charge is -2.20. The fourth-order valence-corrected chi connectivity index (χ4v) is 4.56. The molecule has 0 saturated carbocycles. The van der Waals surface area contributed by atoms with Crippen LogP contribution < -0.4 is 5.32 Å². The number of rotatable bonds is 4. The minimum Gasteiger partial charge on any atom is -0.376 e. The third-order valence-electron chi connectivity index (χ3n) is 3.71. The highest BCUT2D eigenvalue weighted by molar-refractivity contribution is 7.91. The van der Waals surface area contributed by atoms with Gasteiger partial charge in [-0.25, -0.2) is 8.42 Å². The van der Waals surface area contributed by atoms with Gasteiger partial charge < -0.3 is 10.1 Å². The third-order valence-corrected chi connectivity index (χ3v) is 5.55. The summed E-state index contributed by atoms with van der Waals surface area (Å²) >= 11 is 0. The predicted molar refractivity (Wildman–Crippen MR) is 68.0 cm³/mol. The first-order valence-corrected chi connectivity index (χ1v) is 8.40. The van der Waals surface area contributed by atoms with Crippen molar-refractivity contribution in [2.45, 2.75) is 44.8 Å². The Labute approximate surface area is 108 Å². The maximum Gasteiger partial charge on any atom is 0.220 e. The highest BCUT2D eigenvalue weighted by Crippen LogP contribution is 2.22.